The summed E-state index contributed by atoms with van der Waals surface area (Å²) in [4.78, 5) is 0. The lowest BCUT2D eigenvalue weighted by Gasteiger charge is -2.22. The number of rotatable bonds is 3. The van der Waals surface area contributed by atoms with Crippen LogP contribution in [0, 0.1) is 6.92 Å². The monoisotopic (exact) mass is 285 g/mol. The fourth-order valence-electron chi connectivity index (χ4n) is 2.24. The van der Waals surface area contributed by atoms with Crippen LogP contribution in [-0.2, 0) is 10.0 Å². The van der Waals surface area contributed by atoms with E-state index in [2.05, 4.69) is 4.72 Å². The third-order valence-electron chi connectivity index (χ3n) is 3.30. The van der Waals surface area contributed by atoms with Crippen molar-refractivity contribution in [1.29, 1.82) is 0 Å². The Morgan fingerprint density at radius 2 is 1.58 bits per heavy atom. The Morgan fingerprint density at radius 1 is 1.05 bits per heavy atom. The lowest BCUT2D eigenvalue weighted by Crippen LogP contribution is -2.29. The van der Waals surface area contributed by atoms with Crippen LogP contribution in [0.4, 0.5) is 5.69 Å². The van der Waals surface area contributed by atoms with Gasteiger partial charge in [0.15, 0.2) is 0 Å². The van der Waals surface area contributed by atoms with Crippen molar-refractivity contribution in [2.24, 2.45) is 0 Å². The average molecular weight is 285 g/mol. The first-order valence-corrected chi connectivity index (χ1v) is 8.71. The molecule has 1 N–H and O–H groups in total. The molecule has 110 valence electrons. The van der Waals surface area contributed by atoms with Crippen LogP contribution in [0.15, 0.2) is 24.3 Å². The predicted octanol–water partition coefficient (Wildman–Crippen LogP) is 4.34. The van der Waals surface area contributed by atoms with Gasteiger partial charge >= 0.3 is 0 Å². The average Bonchev–Trinajstić information content (AvgIpc) is 2.44. The summed E-state index contributed by atoms with van der Waals surface area (Å²) in [7, 11) is -3.20. The van der Waals surface area contributed by atoms with Crippen molar-refractivity contribution >= 4 is 15.7 Å². The van der Waals surface area contributed by atoms with E-state index in [1.807, 2.05) is 45.0 Å². The van der Waals surface area contributed by atoms with E-state index in [1.54, 1.807) is 0 Å². The van der Waals surface area contributed by atoms with E-state index < -0.39 is 10.0 Å². The molecule has 2 rings (SSSR count). The van der Waals surface area contributed by atoms with Crippen molar-refractivity contribution in [3.05, 3.63) is 29.8 Å². The van der Waals surface area contributed by atoms with E-state index in [0.29, 0.717) is 5.69 Å². The number of nitrogens with one attached hydrogen (secondary N) is 1. The van der Waals surface area contributed by atoms with Gasteiger partial charge in [0, 0.05) is 7.11 Å². The van der Waals surface area contributed by atoms with Crippen molar-refractivity contribution in [1.82, 2.24) is 0 Å². The first kappa shape index (κ1) is 16.0. The van der Waals surface area contributed by atoms with Crippen molar-refractivity contribution in [3.63, 3.8) is 0 Å². The molecule has 0 radical (unpaired) electrons. The zero-order valence-electron chi connectivity index (χ0n) is 12.1. The van der Waals surface area contributed by atoms with Gasteiger partial charge in [0.1, 0.15) is 0 Å². The van der Waals surface area contributed by atoms with Gasteiger partial charge in [-0.1, -0.05) is 50.8 Å². The van der Waals surface area contributed by atoms with Crippen molar-refractivity contribution in [3.8, 4) is 0 Å². The van der Waals surface area contributed by atoms with Crippen molar-refractivity contribution in [2.45, 2.75) is 58.1 Å². The molecular formula is C15H27NO2S. The smallest absolute Gasteiger partial charge is 0.235 e. The molecule has 0 atom stereocenters. The van der Waals surface area contributed by atoms with E-state index in [1.165, 1.54) is 0 Å². The van der Waals surface area contributed by atoms with E-state index in [-0.39, 0.29) is 6.68 Å². The molecule has 3 nitrogen and oxygen atoms in total. The molecule has 1 aliphatic carbocycles. The van der Waals surface area contributed by atoms with Crippen LogP contribution in [0.3, 0.4) is 0 Å². The zero-order chi connectivity index (χ0) is 14.3. The van der Waals surface area contributed by atoms with E-state index in [9.17, 15) is 8.42 Å². The number of sulfonamides is 1. The summed E-state index contributed by atoms with van der Waals surface area (Å²) < 4.78 is 26.9. The fourth-order valence-corrected chi connectivity index (χ4v) is 3.83. The number of aryl methyl sites for hydroxylation is 1. The minimum absolute atomic E-state index is 0. The Kier molecular flexibility index (Phi) is 6.35. The van der Waals surface area contributed by atoms with E-state index >= 15 is 0 Å². The first-order valence-electron chi connectivity index (χ1n) is 7.16. The highest BCUT2D eigenvalue weighted by Gasteiger charge is 2.26. The van der Waals surface area contributed by atoms with Crippen LogP contribution in [-0.4, -0.2) is 13.7 Å². The summed E-state index contributed by atoms with van der Waals surface area (Å²) in [6.07, 6.45) is 4.80. The maximum atomic E-state index is 12.1. The molecule has 0 spiro atoms. The quantitative estimate of drug-likeness (QED) is 0.898. The molecule has 4 heteroatoms. The molecule has 1 aromatic carbocycles. The number of hydrogen-bond acceptors (Lipinski definition) is 2. The minimum atomic E-state index is -3.20. The summed E-state index contributed by atoms with van der Waals surface area (Å²) in [5.74, 6) is 0. The maximum absolute atomic E-state index is 12.1. The molecule has 19 heavy (non-hydrogen) atoms. The van der Waals surface area contributed by atoms with Gasteiger partial charge in [-0.3, -0.25) is 4.72 Å². The molecule has 0 amide bonds. The summed E-state index contributed by atoms with van der Waals surface area (Å²) in [5, 5.41) is -0.211. The normalized spacial score (nSPS) is 16.4. The van der Waals surface area contributed by atoms with Gasteiger partial charge < -0.3 is 0 Å². The molecule has 0 unspecified atom stereocenters. The molecule has 0 aliphatic heterocycles. The van der Waals surface area contributed by atoms with Crippen LogP contribution in [0.1, 0.15) is 52.9 Å². The van der Waals surface area contributed by atoms with Gasteiger partial charge in [-0.2, -0.15) is 0 Å². The Labute approximate surface area is 119 Å². The Morgan fingerprint density at radius 3 is 2.11 bits per heavy atom. The number of benzene rings is 1. The standard InChI is InChI=1S/C13H19NO2S.C2H6.H2/c1-11-7-9-12(10-8-11)14-17(15,16)13-5-3-2-4-6-13;1-2;/h7-10,13-14H,2-6H2,1H3;1-2H3;1H. The Hall–Kier alpha value is -1.03. The third-order valence-corrected chi connectivity index (χ3v) is 5.17. The minimum Gasteiger partial charge on any atom is -0.283 e. The molecule has 1 fully saturated rings. The van der Waals surface area contributed by atoms with Crippen LogP contribution >= 0.6 is 0 Å². The molecule has 1 saturated carbocycles. The maximum Gasteiger partial charge on any atom is 0.235 e. The number of hydrogen-bond donors (Lipinski definition) is 1. The van der Waals surface area contributed by atoms with Gasteiger partial charge in [-0.15, -0.1) is 0 Å². The Balaban J connectivity index is 0.00000115. The summed E-state index contributed by atoms with van der Waals surface area (Å²) >= 11 is 0. The molecule has 0 saturated heterocycles. The van der Waals surface area contributed by atoms with Gasteiger partial charge in [-0.25, -0.2) is 8.42 Å². The van der Waals surface area contributed by atoms with Gasteiger partial charge in [0.2, 0.25) is 10.0 Å². The second-order valence-electron chi connectivity index (χ2n) is 4.77. The van der Waals surface area contributed by atoms with E-state index in [0.717, 1.165) is 37.7 Å². The fraction of sp³-hybridized carbons (Fsp3) is 0.600. The Bertz CT molecular complexity index is 465. The highest BCUT2D eigenvalue weighted by molar-refractivity contribution is 7.93. The van der Waals surface area contributed by atoms with Gasteiger partial charge in [0.05, 0.1) is 5.25 Å². The second kappa shape index (κ2) is 7.53. The summed E-state index contributed by atoms with van der Waals surface area (Å²) in [6.45, 7) is 5.99. The SMILES string of the molecule is CC.Cc1ccc(NS(=O)(=O)C2CCCCC2)cc1.[HH]. The predicted molar refractivity (Wildman–Crippen MR) is 84.1 cm³/mol. The molecule has 1 aromatic rings. The zero-order valence-corrected chi connectivity index (χ0v) is 13.0. The lowest BCUT2D eigenvalue weighted by molar-refractivity contribution is 0.486. The van der Waals surface area contributed by atoms with Crippen LogP contribution in [0.2, 0.25) is 0 Å². The van der Waals surface area contributed by atoms with Crippen molar-refractivity contribution < 1.29 is 9.84 Å². The molecular weight excluding hydrogens is 258 g/mol. The molecule has 0 heterocycles. The van der Waals surface area contributed by atoms with Crippen LogP contribution in [0.25, 0.3) is 0 Å². The highest BCUT2D eigenvalue weighted by atomic mass is 32.2. The lowest BCUT2D eigenvalue weighted by atomic mass is 10.0. The van der Waals surface area contributed by atoms with Crippen LogP contribution in [0.5, 0.6) is 0 Å². The molecule has 0 bridgehead atoms. The topological polar surface area (TPSA) is 46.2 Å². The molecule has 0 aromatic heterocycles. The molecule has 1 aliphatic rings. The van der Waals surface area contributed by atoms with E-state index in [4.69, 9.17) is 0 Å². The number of anilines is 1. The summed E-state index contributed by atoms with van der Waals surface area (Å²) in [5.41, 5.74) is 1.80. The first-order chi connectivity index (χ1) is 9.08. The van der Waals surface area contributed by atoms with Crippen LogP contribution < -0.4 is 4.72 Å². The second-order valence-corrected chi connectivity index (χ2v) is 6.73. The van der Waals surface area contributed by atoms with Gasteiger partial charge in [-0.05, 0) is 31.9 Å². The van der Waals surface area contributed by atoms with Crippen molar-refractivity contribution in [2.75, 3.05) is 4.72 Å². The largest absolute Gasteiger partial charge is 0.283 e. The van der Waals surface area contributed by atoms with Gasteiger partial charge in [0.25, 0.3) is 0 Å². The highest BCUT2D eigenvalue weighted by Crippen LogP contribution is 2.25. The summed E-state index contributed by atoms with van der Waals surface area (Å²) in [6, 6.07) is 7.46. The third kappa shape index (κ3) is 4.86.